The summed E-state index contributed by atoms with van der Waals surface area (Å²) in [5.74, 6) is 0. The summed E-state index contributed by atoms with van der Waals surface area (Å²) in [4.78, 5) is 0. The van der Waals surface area contributed by atoms with Gasteiger partial charge in [-0.2, -0.15) is 0 Å². The minimum Gasteiger partial charge on any atom is -0.385 e. The fraction of sp³-hybridized carbons (Fsp3) is 0.286. The maximum Gasteiger partial charge on any atom is 0.127 e. The Morgan fingerprint density at radius 2 is 2.24 bits per heavy atom. The molecule has 0 saturated heterocycles. The third-order valence-corrected chi connectivity index (χ3v) is 3.19. The lowest BCUT2D eigenvalue weighted by Crippen LogP contribution is -2.21. The van der Waals surface area contributed by atoms with Crippen molar-refractivity contribution >= 4 is 22.9 Å². The van der Waals surface area contributed by atoms with Crippen LogP contribution in [0.1, 0.15) is 18.1 Å². The number of nitrogens with one attached hydrogen (secondary N) is 2. The van der Waals surface area contributed by atoms with Crippen molar-refractivity contribution in [2.75, 3.05) is 11.9 Å². The number of halogens is 1. The Morgan fingerprint density at radius 1 is 1.41 bits per heavy atom. The van der Waals surface area contributed by atoms with Crippen LogP contribution in [0.2, 0.25) is 0 Å². The van der Waals surface area contributed by atoms with E-state index in [4.69, 9.17) is 11.6 Å². The lowest BCUT2D eigenvalue weighted by Gasteiger charge is -2.19. The first-order valence-corrected chi connectivity index (χ1v) is 6.27. The van der Waals surface area contributed by atoms with Crippen molar-refractivity contribution in [3.05, 3.63) is 47.7 Å². The van der Waals surface area contributed by atoms with Gasteiger partial charge in [0.05, 0.1) is 0 Å². The monoisotopic (exact) mass is 248 g/mol. The predicted molar refractivity (Wildman–Crippen MR) is 75.2 cm³/mol. The molecule has 1 heterocycles. The van der Waals surface area contributed by atoms with Gasteiger partial charge >= 0.3 is 0 Å². The van der Waals surface area contributed by atoms with Crippen LogP contribution < -0.4 is 10.6 Å². The van der Waals surface area contributed by atoms with Crippen LogP contribution in [0.25, 0.3) is 5.57 Å². The quantitative estimate of drug-likeness (QED) is 0.632. The largest absolute Gasteiger partial charge is 0.385 e. The molecule has 0 saturated carbocycles. The number of anilines is 1. The number of hydrogen-bond acceptors (Lipinski definition) is 2. The molecular weight excluding hydrogens is 232 g/mol. The second-order valence-electron chi connectivity index (χ2n) is 4.07. The Labute approximate surface area is 107 Å². The van der Waals surface area contributed by atoms with Crippen molar-refractivity contribution in [2.45, 2.75) is 19.3 Å². The zero-order chi connectivity index (χ0) is 12.3. The number of allylic oxidation sites excluding steroid dienone is 2. The number of hydrogen-bond donors (Lipinski definition) is 2. The van der Waals surface area contributed by atoms with Gasteiger partial charge in [-0.15, -0.1) is 0 Å². The molecule has 0 bridgehead atoms. The molecule has 2 rings (SSSR count). The molecular formula is C14H17ClN2. The summed E-state index contributed by atoms with van der Waals surface area (Å²) < 4.78 is 0. The molecule has 1 aliphatic rings. The second kappa shape index (κ2) is 5.28. The molecule has 3 heteroatoms. The zero-order valence-electron chi connectivity index (χ0n) is 10.1. The summed E-state index contributed by atoms with van der Waals surface area (Å²) in [5, 5.41) is 6.45. The fourth-order valence-electron chi connectivity index (χ4n) is 1.89. The molecule has 2 nitrogen and oxygen atoms in total. The SMILES string of the molecule is CCNc1cc(C2=CC=CNC2Cl)ccc1C. The Balaban J connectivity index is 2.35. The maximum absolute atomic E-state index is 6.24. The summed E-state index contributed by atoms with van der Waals surface area (Å²) in [7, 11) is 0. The van der Waals surface area contributed by atoms with E-state index in [1.54, 1.807) is 0 Å². The van der Waals surface area contributed by atoms with Gasteiger partial charge in [0.15, 0.2) is 0 Å². The van der Waals surface area contributed by atoms with E-state index in [9.17, 15) is 0 Å². The second-order valence-corrected chi connectivity index (χ2v) is 4.51. The topological polar surface area (TPSA) is 24.1 Å². The highest BCUT2D eigenvalue weighted by Gasteiger charge is 2.14. The Morgan fingerprint density at radius 3 is 2.94 bits per heavy atom. The molecule has 1 atom stereocenters. The van der Waals surface area contributed by atoms with E-state index in [1.807, 2.05) is 12.3 Å². The maximum atomic E-state index is 6.24. The molecule has 2 N–H and O–H groups in total. The normalized spacial score (nSPS) is 18.5. The first kappa shape index (κ1) is 12.1. The van der Waals surface area contributed by atoms with Gasteiger partial charge in [-0.25, -0.2) is 0 Å². The van der Waals surface area contributed by atoms with Crippen LogP contribution in [0.5, 0.6) is 0 Å². The van der Waals surface area contributed by atoms with Crippen LogP contribution >= 0.6 is 11.6 Å². The predicted octanol–water partition coefficient (Wildman–Crippen LogP) is 3.49. The molecule has 1 aromatic rings. The molecule has 1 aliphatic heterocycles. The molecule has 0 aliphatic carbocycles. The number of rotatable bonds is 3. The first-order valence-electron chi connectivity index (χ1n) is 5.84. The van der Waals surface area contributed by atoms with Crippen LogP contribution in [0.3, 0.4) is 0 Å². The first-order chi connectivity index (χ1) is 8.22. The van der Waals surface area contributed by atoms with Crippen LogP contribution in [-0.2, 0) is 0 Å². The van der Waals surface area contributed by atoms with E-state index in [0.29, 0.717) is 0 Å². The van der Waals surface area contributed by atoms with Crippen molar-refractivity contribution in [1.29, 1.82) is 0 Å². The van der Waals surface area contributed by atoms with Crippen LogP contribution in [0.4, 0.5) is 5.69 Å². The highest BCUT2D eigenvalue weighted by molar-refractivity contribution is 6.26. The molecule has 1 unspecified atom stereocenters. The third kappa shape index (κ3) is 2.64. The lowest BCUT2D eigenvalue weighted by molar-refractivity contribution is 0.918. The van der Waals surface area contributed by atoms with E-state index < -0.39 is 0 Å². The van der Waals surface area contributed by atoms with Crippen molar-refractivity contribution < 1.29 is 0 Å². The van der Waals surface area contributed by atoms with Crippen LogP contribution in [0, 0.1) is 6.92 Å². The standard InChI is InChI=1S/C14H17ClN2/c1-3-16-13-9-11(7-6-10(13)2)12-5-4-8-17-14(12)15/h4-9,14,16-17H,3H2,1-2H3. The van der Waals surface area contributed by atoms with Gasteiger partial charge in [0.1, 0.15) is 5.50 Å². The van der Waals surface area contributed by atoms with E-state index in [1.165, 1.54) is 11.3 Å². The molecule has 0 amide bonds. The summed E-state index contributed by atoms with van der Waals surface area (Å²) in [6.45, 7) is 5.12. The summed E-state index contributed by atoms with van der Waals surface area (Å²) in [6.07, 6.45) is 5.89. The number of dihydropyridines is 1. The van der Waals surface area contributed by atoms with Gasteiger partial charge in [-0.05, 0) is 48.9 Å². The van der Waals surface area contributed by atoms with Crippen molar-refractivity contribution in [1.82, 2.24) is 5.32 Å². The van der Waals surface area contributed by atoms with Gasteiger partial charge in [0, 0.05) is 12.2 Å². The van der Waals surface area contributed by atoms with E-state index in [2.05, 4.69) is 48.8 Å². The lowest BCUT2D eigenvalue weighted by atomic mass is 10.0. The molecule has 0 radical (unpaired) electrons. The minimum atomic E-state index is -0.155. The third-order valence-electron chi connectivity index (χ3n) is 2.83. The Bertz CT molecular complexity index is 463. The van der Waals surface area contributed by atoms with Crippen molar-refractivity contribution in [3.8, 4) is 0 Å². The minimum absolute atomic E-state index is 0.155. The summed E-state index contributed by atoms with van der Waals surface area (Å²) in [5.41, 5.74) is 4.53. The zero-order valence-corrected chi connectivity index (χ0v) is 10.9. The highest BCUT2D eigenvalue weighted by Crippen LogP contribution is 2.27. The van der Waals surface area contributed by atoms with Gasteiger partial charge in [0.2, 0.25) is 0 Å². The van der Waals surface area contributed by atoms with Crippen LogP contribution in [0.15, 0.2) is 36.6 Å². The van der Waals surface area contributed by atoms with Gasteiger partial charge < -0.3 is 10.6 Å². The highest BCUT2D eigenvalue weighted by atomic mass is 35.5. The van der Waals surface area contributed by atoms with Crippen molar-refractivity contribution in [3.63, 3.8) is 0 Å². The molecule has 0 aromatic heterocycles. The molecule has 90 valence electrons. The molecule has 0 spiro atoms. The Kier molecular flexibility index (Phi) is 3.75. The van der Waals surface area contributed by atoms with Gasteiger partial charge in [0.25, 0.3) is 0 Å². The van der Waals surface area contributed by atoms with E-state index in [0.717, 1.165) is 17.7 Å². The number of aryl methyl sites for hydroxylation is 1. The van der Waals surface area contributed by atoms with Gasteiger partial charge in [-0.1, -0.05) is 29.8 Å². The van der Waals surface area contributed by atoms with E-state index >= 15 is 0 Å². The fourth-order valence-corrected chi connectivity index (χ4v) is 2.16. The van der Waals surface area contributed by atoms with E-state index in [-0.39, 0.29) is 5.50 Å². The molecule has 17 heavy (non-hydrogen) atoms. The Hall–Kier alpha value is -1.41. The smallest absolute Gasteiger partial charge is 0.127 e. The summed E-state index contributed by atoms with van der Waals surface area (Å²) >= 11 is 6.24. The van der Waals surface area contributed by atoms with Crippen molar-refractivity contribution in [2.24, 2.45) is 0 Å². The average molecular weight is 249 g/mol. The van der Waals surface area contributed by atoms with Crippen LogP contribution in [-0.4, -0.2) is 12.0 Å². The molecule has 1 aromatic carbocycles. The average Bonchev–Trinajstić information content (AvgIpc) is 2.33. The summed E-state index contributed by atoms with van der Waals surface area (Å²) in [6, 6.07) is 6.38. The number of alkyl halides is 1. The molecule has 0 fully saturated rings. The van der Waals surface area contributed by atoms with Gasteiger partial charge in [-0.3, -0.25) is 0 Å². The number of benzene rings is 1.